The molecule has 240 valence electrons. The Morgan fingerprint density at radius 2 is 1.35 bits per heavy atom. The SMILES string of the molecule is COC(=O)C1(C(=O)OC)[C@@H](c2ccc(C(C)C)cc2)N(Cc2ccccc2)[C@H](c2ccc(Br)cc2)N1S(=O)(=O)c1ccc(C)cc1. The second-order valence-electron chi connectivity index (χ2n) is 11.7. The first-order valence-electron chi connectivity index (χ1n) is 14.9. The van der Waals surface area contributed by atoms with Gasteiger partial charge < -0.3 is 9.47 Å². The molecule has 0 spiro atoms. The lowest BCUT2D eigenvalue weighted by Gasteiger charge is -2.36. The summed E-state index contributed by atoms with van der Waals surface area (Å²) in [5.41, 5.74) is 1.39. The maximum absolute atomic E-state index is 15.0. The zero-order valence-corrected chi connectivity index (χ0v) is 28.8. The molecule has 0 saturated carbocycles. The smallest absolute Gasteiger partial charge is 0.341 e. The van der Waals surface area contributed by atoms with Crippen LogP contribution in [0.25, 0.3) is 0 Å². The van der Waals surface area contributed by atoms with E-state index in [0.29, 0.717) is 11.1 Å². The lowest BCUT2D eigenvalue weighted by Crippen LogP contribution is -2.62. The molecule has 2 atom stereocenters. The summed E-state index contributed by atoms with van der Waals surface area (Å²) in [5, 5.41) is 0. The average Bonchev–Trinajstić information content (AvgIpc) is 3.37. The molecule has 0 unspecified atom stereocenters. The molecule has 1 saturated heterocycles. The average molecular weight is 706 g/mol. The van der Waals surface area contributed by atoms with Gasteiger partial charge in [0.15, 0.2) is 0 Å². The first-order valence-corrected chi connectivity index (χ1v) is 17.1. The number of nitrogens with zero attached hydrogens (tertiary/aromatic N) is 2. The molecule has 8 nitrogen and oxygen atoms in total. The maximum atomic E-state index is 15.0. The predicted octanol–water partition coefficient (Wildman–Crippen LogP) is 6.91. The number of benzene rings is 4. The topological polar surface area (TPSA) is 93.2 Å². The van der Waals surface area contributed by atoms with Crippen molar-refractivity contribution in [3.63, 3.8) is 0 Å². The van der Waals surface area contributed by atoms with Crippen LogP contribution in [0.4, 0.5) is 0 Å². The van der Waals surface area contributed by atoms with Gasteiger partial charge in [0.2, 0.25) is 10.0 Å². The highest BCUT2D eigenvalue weighted by atomic mass is 79.9. The van der Waals surface area contributed by atoms with Gasteiger partial charge in [-0.2, -0.15) is 0 Å². The molecule has 0 aromatic heterocycles. The molecular formula is C36H37BrN2O6S. The highest BCUT2D eigenvalue weighted by Gasteiger charge is 2.72. The second-order valence-corrected chi connectivity index (χ2v) is 14.4. The molecule has 46 heavy (non-hydrogen) atoms. The van der Waals surface area contributed by atoms with Crippen molar-refractivity contribution in [2.45, 2.75) is 55.9 Å². The largest absolute Gasteiger partial charge is 0.467 e. The number of methoxy groups -OCH3 is 2. The standard InChI is InChI=1S/C36H37BrN2O6S/c1-24(2)27-13-15-28(16-14-27)32-36(34(40)44-4,35(41)45-5)39(46(42,43)31-21-11-25(3)12-22-31)33(29-17-19-30(37)20-18-29)38(32)23-26-9-7-6-8-10-26/h6-22,24,32-33H,23H2,1-5H3/t32-,33+/m1/s1. The number of ether oxygens (including phenoxy) is 2. The van der Waals surface area contributed by atoms with Gasteiger partial charge in [-0.3, -0.25) is 4.90 Å². The Bertz CT molecular complexity index is 1780. The molecule has 1 aliphatic heterocycles. The molecule has 1 fully saturated rings. The van der Waals surface area contributed by atoms with Crippen molar-refractivity contribution in [3.8, 4) is 0 Å². The summed E-state index contributed by atoms with van der Waals surface area (Å²) >= 11 is 3.49. The molecule has 4 aromatic carbocycles. The number of sulfonamides is 1. The van der Waals surface area contributed by atoms with E-state index in [1.165, 1.54) is 12.1 Å². The van der Waals surface area contributed by atoms with Crippen LogP contribution in [0.15, 0.2) is 112 Å². The van der Waals surface area contributed by atoms with Crippen molar-refractivity contribution < 1.29 is 27.5 Å². The van der Waals surface area contributed by atoms with Gasteiger partial charge in [0.25, 0.3) is 5.54 Å². The summed E-state index contributed by atoms with van der Waals surface area (Å²) in [6.07, 6.45) is -1.13. The molecule has 4 aromatic rings. The van der Waals surface area contributed by atoms with E-state index >= 15 is 8.42 Å². The molecule has 0 bridgehead atoms. The van der Waals surface area contributed by atoms with Gasteiger partial charge in [-0.1, -0.05) is 114 Å². The van der Waals surface area contributed by atoms with E-state index in [-0.39, 0.29) is 17.4 Å². The van der Waals surface area contributed by atoms with Crippen LogP contribution in [0.2, 0.25) is 0 Å². The molecule has 0 radical (unpaired) electrons. The number of aryl methyl sites for hydroxylation is 1. The van der Waals surface area contributed by atoms with Crippen molar-refractivity contribution >= 4 is 37.9 Å². The van der Waals surface area contributed by atoms with Gasteiger partial charge in [0, 0.05) is 11.0 Å². The van der Waals surface area contributed by atoms with E-state index in [1.54, 1.807) is 36.4 Å². The zero-order chi connectivity index (χ0) is 33.2. The van der Waals surface area contributed by atoms with Crippen molar-refractivity contribution in [2.24, 2.45) is 0 Å². The number of hydrogen-bond acceptors (Lipinski definition) is 7. The van der Waals surface area contributed by atoms with Crippen LogP contribution >= 0.6 is 15.9 Å². The van der Waals surface area contributed by atoms with Crippen LogP contribution in [-0.2, 0) is 35.6 Å². The van der Waals surface area contributed by atoms with Crippen molar-refractivity contribution in [1.82, 2.24) is 9.21 Å². The van der Waals surface area contributed by atoms with Gasteiger partial charge in [-0.15, -0.1) is 4.31 Å². The lowest BCUT2D eigenvalue weighted by atomic mass is 9.84. The molecule has 1 aliphatic rings. The van der Waals surface area contributed by atoms with E-state index in [4.69, 9.17) is 9.47 Å². The fraction of sp³-hybridized carbons (Fsp3) is 0.278. The molecule has 0 N–H and O–H groups in total. The maximum Gasteiger partial charge on any atom is 0.341 e. The molecule has 5 rings (SSSR count). The van der Waals surface area contributed by atoms with Crippen LogP contribution in [0.5, 0.6) is 0 Å². The Hall–Kier alpha value is -3.83. The van der Waals surface area contributed by atoms with Gasteiger partial charge in [0.1, 0.15) is 6.17 Å². The van der Waals surface area contributed by atoms with Crippen molar-refractivity contribution in [1.29, 1.82) is 0 Å². The summed E-state index contributed by atoms with van der Waals surface area (Å²) in [6.45, 7) is 6.17. The normalized spacial score (nSPS) is 18.4. The summed E-state index contributed by atoms with van der Waals surface area (Å²) in [7, 11) is -2.29. The van der Waals surface area contributed by atoms with Gasteiger partial charge in [-0.05, 0) is 59.4 Å². The second kappa shape index (κ2) is 13.5. The number of rotatable bonds is 9. The van der Waals surface area contributed by atoms with Crippen LogP contribution < -0.4 is 0 Å². The van der Waals surface area contributed by atoms with E-state index in [9.17, 15) is 9.59 Å². The third kappa shape index (κ3) is 5.90. The molecular weight excluding hydrogens is 668 g/mol. The number of esters is 2. The van der Waals surface area contributed by atoms with Crippen LogP contribution in [0.1, 0.15) is 59.8 Å². The van der Waals surface area contributed by atoms with Crippen LogP contribution in [0.3, 0.4) is 0 Å². The summed E-state index contributed by atoms with van der Waals surface area (Å²) in [6, 6.07) is 29.4. The molecule has 10 heteroatoms. The minimum Gasteiger partial charge on any atom is -0.467 e. The first-order chi connectivity index (χ1) is 22.0. The van der Waals surface area contributed by atoms with Crippen molar-refractivity contribution in [3.05, 3.63) is 135 Å². The quantitative estimate of drug-likeness (QED) is 0.138. The van der Waals surface area contributed by atoms with Gasteiger partial charge >= 0.3 is 11.9 Å². The summed E-state index contributed by atoms with van der Waals surface area (Å²) in [4.78, 5) is 30.6. The predicted molar refractivity (Wildman–Crippen MR) is 179 cm³/mol. The van der Waals surface area contributed by atoms with E-state index < -0.39 is 39.7 Å². The Balaban J connectivity index is 1.92. The van der Waals surface area contributed by atoms with Gasteiger partial charge in [-0.25, -0.2) is 18.0 Å². The Morgan fingerprint density at radius 3 is 1.87 bits per heavy atom. The minimum atomic E-state index is -4.59. The lowest BCUT2D eigenvalue weighted by molar-refractivity contribution is -0.168. The van der Waals surface area contributed by atoms with E-state index in [1.807, 2.05) is 66.4 Å². The van der Waals surface area contributed by atoms with E-state index in [2.05, 4.69) is 29.8 Å². The van der Waals surface area contributed by atoms with E-state index in [0.717, 1.165) is 39.7 Å². The zero-order valence-electron chi connectivity index (χ0n) is 26.4. The Labute approximate surface area is 279 Å². The third-order valence-corrected chi connectivity index (χ3v) is 10.9. The number of carbonyl (C=O) groups is 2. The molecule has 0 amide bonds. The number of carbonyl (C=O) groups excluding carboxylic acids is 2. The van der Waals surface area contributed by atoms with Crippen molar-refractivity contribution in [2.75, 3.05) is 14.2 Å². The fourth-order valence-corrected chi connectivity index (χ4v) is 8.31. The fourth-order valence-electron chi connectivity index (χ4n) is 6.20. The monoisotopic (exact) mass is 704 g/mol. The molecule has 1 heterocycles. The number of halogens is 1. The number of hydrogen-bond donors (Lipinski definition) is 0. The minimum absolute atomic E-state index is 0.0761. The Kier molecular flexibility index (Phi) is 9.83. The molecule has 0 aliphatic carbocycles. The highest BCUT2D eigenvalue weighted by Crippen LogP contribution is 2.56. The summed E-state index contributed by atoms with van der Waals surface area (Å²) < 4.78 is 42.6. The van der Waals surface area contributed by atoms with Crippen LogP contribution in [0, 0.1) is 6.92 Å². The van der Waals surface area contributed by atoms with Crippen LogP contribution in [-0.4, -0.2) is 49.3 Å². The summed E-state index contributed by atoms with van der Waals surface area (Å²) in [5.74, 6) is -1.88. The third-order valence-electron chi connectivity index (χ3n) is 8.48. The Morgan fingerprint density at radius 1 is 0.804 bits per heavy atom. The van der Waals surface area contributed by atoms with Gasteiger partial charge in [0.05, 0.1) is 25.2 Å². The highest BCUT2D eigenvalue weighted by molar-refractivity contribution is 9.10. The first kappa shape index (κ1) is 33.5.